The monoisotopic (exact) mass is 355 g/mol. The Balaban J connectivity index is 0.00000288. The molecule has 2 rings (SSSR count). The number of amides is 2. The van der Waals surface area contributed by atoms with Crippen molar-refractivity contribution >= 4 is 29.9 Å². The molecule has 1 saturated heterocycles. The number of nitrogens with two attached hydrogens (primary N) is 1. The van der Waals surface area contributed by atoms with E-state index in [2.05, 4.69) is 10.6 Å². The van der Waals surface area contributed by atoms with E-state index in [-0.39, 0.29) is 30.3 Å². The zero-order valence-corrected chi connectivity index (χ0v) is 14.6. The summed E-state index contributed by atoms with van der Waals surface area (Å²) >= 11 is 0. The van der Waals surface area contributed by atoms with Gasteiger partial charge in [0.25, 0.3) is 5.91 Å². The van der Waals surface area contributed by atoms with Crippen LogP contribution in [0.5, 0.6) is 0 Å². The van der Waals surface area contributed by atoms with E-state index in [1.807, 2.05) is 0 Å². The Morgan fingerprint density at radius 3 is 2.75 bits per heavy atom. The molecule has 1 aromatic carbocycles. The number of anilines is 1. The summed E-state index contributed by atoms with van der Waals surface area (Å²) in [5, 5.41) is 5.53. The number of rotatable bonds is 7. The Kier molecular flexibility index (Phi) is 9.37. The summed E-state index contributed by atoms with van der Waals surface area (Å²) in [5.41, 5.74) is 6.36. The topological polar surface area (TPSA) is 93.5 Å². The Morgan fingerprint density at radius 2 is 2.04 bits per heavy atom. The Morgan fingerprint density at radius 1 is 1.25 bits per heavy atom. The fourth-order valence-electron chi connectivity index (χ4n) is 2.61. The minimum atomic E-state index is -0.234. The molecule has 2 amide bonds. The van der Waals surface area contributed by atoms with Crippen LogP contribution in [0.1, 0.15) is 42.5 Å². The number of ether oxygens (including phenoxy) is 1. The minimum absolute atomic E-state index is 0. The van der Waals surface area contributed by atoms with Gasteiger partial charge in [-0.05, 0) is 37.8 Å². The third kappa shape index (κ3) is 6.47. The second-order valence-electron chi connectivity index (χ2n) is 5.67. The van der Waals surface area contributed by atoms with Gasteiger partial charge in [-0.1, -0.05) is 12.1 Å². The van der Waals surface area contributed by atoms with Crippen molar-refractivity contribution in [1.82, 2.24) is 5.32 Å². The average molecular weight is 356 g/mol. The highest BCUT2D eigenvalue weighted by Crippen LogP contribution is 2.19. The summed E-state index contributed by atoms with van der Waals surface area (Å²) in [6.07, 6.45) is 4.57. The molecule has 1 unspecified atom stereocenters. The van der Waals surface area contributed by atoms with E-state index in [0.717, 1.165) is 25.9 Å². The fraction of sp³-hybridized carbons (Fsp3) is 0.529. The molecule has 1 fully saturated rings. The van der Waals surface area contributed by atoms with E-state index in [0.29, 0.717) is 37.2 Å². The van der Waals surface area contributed by atoms with Crippen LogP contribution in [0.3, 0.4) is 0 Å². The van der Waals surface area contributed by atoms with E-state index >= 15 is 0 Å². The number of para-hydroxylation sites is 1. The number of hydrogen-bond acceptors (Lipinski definition) is 4. The van der Waals surface area contributed by atoms with Crippen molar-refractivity contribution in [3.63, 3.8) is 0 Å². The summed E-state index contributed by atoms with van der Waals surface area (Å²) in [6.45, 7) is 1.57. The molecular weight excluding hydrogens is 330 g/mol. The molecule has 0 bridgehead atoms. The molecule has 1 heterocycles. The fourth-order valence-corrected chi connectivity index (χ4v) is 2.61. The van der Waals surface area contributed by atoms with Crippen LogP contribution in [0, 0.1) is 0 Å². The van der Waals surface area contributed by atoms with Crippen molar-refractivity contribution in [2.24, 2.45) is 5.73 Å². The Hall–Kier alpha value is -1.63. The van der Waals surface area contributed by atoms with Gasteiger partial charge in [0, 0.05) is 26.1 Å². The van der Waals surface area contributed by atoms with Crippen LogP contribution >= 0.6 is 12.4 Å². The highest BCUT2D eigenvalue weighted by molar-refractivity contribution is 6.03. The maximum absolute atomic E-state index is 12.1. The number of hydrogen-bond donors (Lipinski definition) is 3. The van der Waals surface area contributed by atoms with Crippen LogP contribution in [0.25, 0.3) is 0 Å². The van der Waals surface area contributed by atoms with Gasteiger partial charge in [0.1, 0.15) is 0 Å². The first-order valence-electron chi connectivity index (χ1n) is 8.19. The van der Waals surface area contributed by atoms with Gasteiger partial charge in [-0.3, -0.25) is 9.59 Å². The highest BCUT2D eigenvalue weighted by atomic mass is 35.5. The predicted octanol–water partition coefficient (Wildman–Crippen LogP) is 2.08. The van der Waals surface area contributed by atoms with E-state index in [4.69, 9.17) is 10.5 Å². The van der Waals surface area contributed by atoms with Crippen molar-refractivity contribution in [1.29, 1.82) is 0 Å². The van der Waals surface area contributed by atoms with E-state index in [1.165, 1.54) is 0 Å². The van der Waals surface area contributed by atoms with Crippen molar-refractivity contribution < 1.29 is 14.3 Å². The minimum Gasteiger partial charge on any atom is -0.378 e. The van der Waals surface area contributed by atoms with Gasteiger partial charge in [-0.2, -0.15) is 0 Å². The third-order valence-electron chi connectivity index (χ3n) is 3.84. The summed E-state index contributed by atoms with van der Waals surface area (Å²) < 4.78 is 5.63. The maximum Gasteiger partial charge on any atom is 0.253 e. The number of carbonyl (C=O) groups is 2. The van der Waals surface area contributed by atoms with Crippen molar-refractivity contribution in [2.45, 2.75) is 38.2 Å². The predicted molar refractivity (Wildman–Crippen MR) is 96.5 cm³/mol. The molecule has 6 nitrogen and oxygen atoms in total. The molecule has 1 aliphatic heterocycles. The number of halogens is 1. The SMILES string of the molecule is Cl.NCCNC(=O)c1ccccc1NC(=O)CCC1CCCCO1. The lowest BCUT2D eigenvalue weighted by Crippen LogP contribution is -2.30. The molecular formula is C17H26ClN3O3. The number of benzene rings is 1. The van der Waals surface area contributed by atoms with Crippen molar-refractivity contribution in [3.05, 3.63) is 29.8 Å². The van der Waals surface area contributed by atoms with Crippen molar-refractivity contribution in [3.8, 4) is 0 Å². The van der Waals surface area contributed by atoms with Gasteiger partial charge in [0.15, 0.2) is 0 Å². The lowest BCUT2D eigenvalue weighted by atomic mass is 10.0. The molecule has 1 aromatic rings. The first-order chi connectivity index (χ1) is 11.2. The average Bonchev–Trinajstić information content (AvgIpc) is 2.59. The molecule has 1 atom stereocenters. The molecule has 0 radical (unpaired) electrons. The standard InChI is InChI=1S/C17H25N3O3.ClH/c18-10-11-19-17(22)14-6-1-2-7-15(14)20-16(21)9-8-13-5-3-4-12-23-13;/h1-2,6-7,13H,3-5,8-12,18H2,(H,19,22)(H,20,21);1H. The molecule has 1 aliphatic rings. The van der Waals surface area contributed by atoms with Gasteiger partial charge in [-0.25, -0.2) is 0 Å². The molecule has 7 heteroatoms. The summed E-state index contributed by atoms with van der Waals surface area (Å²) in [5.74, 6) is -0.333. The largest absolute Gasteiger partial charge is 0.378 e. The Labute approximate surface area is 148 Å². The third-order valence-corrected chi connectivity index (χ3v) is 3.84. The van der Waals surface area contributed by atoms with Crippen LogP contribution in [-0.4, -0.2) is 37.6 Å². The normalized spacial score (nSPS) is 16.8. The van der Waals surface area contributed by atoms with Crippen LogP contribution < -0.4 is 16.4 Å². The van der Waals surface area contributed by atoms with Gasteiger partial charge < -0.3 is 21.1 Å². The van der Waals surface area contributed by atoms with Gasteiger partial charge in [0.05, 0.1) is 17.4 Å². The van der Waals surface area contributed by atoms with Crippen LogP contribution in [-0.2, 0) is 9.53 Å². The molecule has 0 spiro atoms. The first kappa shape index (κ1) is 20.4. The molecule has 4 N–H and O–H groups in total. The van der Waals surface area contributed by atoms with Crippen LogP contribution in [0.2, 0.25) is 0 Å². The number of carbonyl (C=O) groups excluding carboxylic acids is 2. The second kappa shape index (κ2) is 11.0. The van der Waals surface area contributed by atoms with Gasteiger partial charge in [-0.15, -0.1) is 12.4 Å². The molecule has 0 aliphatic carbocycles. The van der Waals surface area contributed by atoms with Crippen LogP contribution in [0.15, 0.2) is 24.3 Å². The lowest BCUT2D eigenvalue weighted by Gasteiger charge is -2.22. The smallest absolute Gasteiger partial charge is 0.253 e. The van der Waals surface area contributed by atoms with Gasteiger partial charge >= 0.3 is 0 Å². The lowest BCUT2D eigenvalue weighted by molar-refractivity contribution is -0.117. The highest BCUT2D eigenvalue weighted by Gasteiger charge is 2.17. The molecule has 134 valence electrons. The number of nitrogens with one attached hydrogen (secondary N) is 2. The van der Waals surface area contributed by atoms with E-state index in [9.17, 15) is 9.59 Å². The van der Waals surface area contributed by atoms with Crippen molar-refractivity contribution in [2.75, 3.05) is 25.0 Å². The summed E-state index contributed by atoms with van der Waals surface area (Å²) in [6, 6.07) is 6.97. The molecule has 0 aromatic heterocycles. The quantitative estimate of drug-likeness (QED) is 0.698. The molecule has 0 saturated carbocycles. The van der Waals surface area contributed by atoms with E-state index < -0.39 is 0 Å². The summed E-state index contributed by atoms with van der Waals surface area (Å²) in [4.78, 5) is 24.2. The first-order valence-corrected chi connectivity index (χ1v) is 8.19. The maximum atomic E-state index is 12.1. The second-order valence-corrected chi connectivity index (χ2v) is 5.67. The zero-order valence-electron chi connectivity index (χ0n) is 13.8. The zero-order chi connectivity index (χ0) is 16.5. The molecule has 24 heavy (non-hydrogen) atoms. The van der Waals surface area contributed by atoms with E-state index in [1.54, 1.807) is 24.3 Å². The van der Waals surface area contributed by atoms with Crippen LogP contribution in [0.4, 0.5) is 5.69 Å². The Bertz CT molecular complexity index is 534. The summed E-state index contributed by atoms with van der Waals surface area (Å²) in [7, 11) is 0. The van der Waals surface area contributed by atoms with Gasteiger partial charge in [0.2, 0.25) is 5.91 Å².